The van der Waals surface area contributed by atoms with Crippen LogP contribution < -0.4 is 16.0 Å². The third-order valence-corrected chi connectivity index (χ3v) is 4.32. The van der Waals surface area contributed by atoms with Crippen molar-refractivity contribution in [1.29, 1.82) is 0 Å². The Balaban J connectivity index is 1.76. The number of para-hydroxylation sites is 1. The maximum Gasteiger partial charge on any atom is 0.252 e. The van der Waals surface area contributed by atoms with E-state index in [0.717, 1.165) is 17.7 Å². The van der Waals surface area contributed by atoms with Crippen LogP contribution in [0.25, 0.3) is 0 Å². The molecule has 2 aromatic rings. The van der Waals surface area contributed by atoms with Gasteiger partial charge in [-0.2, -0.15) is 0 Å². The molecule has 1 atom stereocenters. The molecule has 1 fully saturated rings. The number of benzene rings is 2. The quantitative estimate of drug-likeness (QED) is 0.852. The maximum atomic E-state index is 12.7. The predicted octanol–water partition coefficient (Wildman–Crippen LogP) is 2.50. The van der Waals surface area contributed by atoms with E-state index in [1.54, 1.807) is 17.0 Å². The number of hydrogen-bond donors (Lipinski definition) is 2. The third kappa shape index (κ3) is 3.25. The summed E-state index contributed by atoms with van der Waals surface area (Å²) in [6, 6.07) is 14.2. The smallest absolute Gasteiger partial charge is 0.252 e. The van der Waals surface area contributed by atoms with Crippen molar-refractivity contribution in [1.82, 2.24) is 5.32 Å². The number of amides is 2. The molecule has 2 amide bonds. The number of nitrogen functional groups attached to an aromatic ring is 1. The lowest BCUT2D eigenvalue weighted by Crippen LogP contribution is -2.52. The normalized spacial score (nSPS) is 17.6. The SMILES string of the molecule is Cc1ccc(N)cc1C(=O)NC1CCCN(c2ccccc2)C1=O. The topological polar surface area (TPSA) is 75.4 Å². The maximum absolute atomic E-state index is 12.7. The molecule has 1 unspecified atom stereocenters. The first kappa shape index (κ1) is 16.1. The highest BCUT2D eigenvalue weighted by Gasteiger charge is 2.31. The van der Waals surface area contributed by atoms with Gasteiger partial charge in [0.15, 0.2) is 0 Å². The number of rotatable bonds is 3. The monoisotopic (exact) mass is 323 g/mol. The second-order valence-electron chi connectivity index (χ2n) is 6.07. The van der Waals surface area contributed by atoms with Gasteiger partial charge >= 0.3 is 0 Å². The zero-order chi connectivity index (χ0) is 17.1. The molecule has 3 N–H and O–H groups in total. The van der Waals surface area contributed by atoms with Gasteiger partial charge in [-0.1, -0.05) is 24.3 Å². The molecule has 0 spiro atoms. The average Bonchev–Trinajstić information content (AvgIpc) is 2.59. The van der Waals surface area contributed by atoms with Crippen LogP contribution in [0.2, 0.25) is 0 Å². The molecule has 0 aromatic heterocycles. The number of piperidine rings is 1. The number of anilines is 2. The lowest BCUT2D eigenvalue weighted by molar-refractivity contribution is -0.121. The molecule has 2 aromatic carbocycles. The van der Waals surface area contributed by atoms with Crippen molar-refractivity contribution in [2.24, 2.45) is 0 Å². The summed E-state index contributed by atoms with van der Waals surface area (Å²) in [7, 11) is 0. The molecule has 0 radical (unpaired) electrons. The fraction of sp³-hybridized carbons (Fsp3) is 0.263. The first-order valence-electron chi connectivity index (χ1n) is 8.09. The average molecular weight is 323 g/mol. The molecule has 1 aliphatic rings. The Hall–Kier alpha value is -2.82. The molecule has 0 bridgehead atoms. The first-order chi connectivity index (χ1) is 11.6. The molecule has 1 heterocycles. The van der Waals surface area contributed by atoms with Gasteiger partial charge in [-0.05, 0) is 49.6 Å². The van der Waals surface area contributed by atoms with Crippen LogP contribution in [0, 0.1) is 6.92 Å². The lowest BCUT2D eigenvalue weighted by atomic mass is 10.0. The van der Waals surface area contributed by atoms with Gasteiger partial charge in [-0.25, -0.2) is 0 Å². The zero-order valence-corrected chi connectivity index (χ0v) is 13.7. The van der Waals surface area contributed by atoms with Crippen LogP contribution >= 0.6 is 0 Å². The van der Waals surface area contributed by atoms with Gasteiger partial charge in [0.2, 0.25) is 5.91 Å². The lowest BCUT2D eigenvalue weighted by Gasteiger charge is -2.32. The van der Waals surface area contributed by atoms with Crippen LogP contribution in [0.3, 0.4) is 0 Å². The number of carbonyl (C=O) groups excluding carboxylic acids is 2. The number of hydrogen-bond acceptors (Lipinski definition) is 3. The van der Waals surface area contributed by atoms with Gasteiger partial charge in [0.25, 0.3) is 5.91 Å². The summed E-state index contributed by atoms with van der Waals surface area (Å²) in [5.41, 5.74) is 8.52. The summed E-state index contributed by atoms with van der Waals surface area (Å²) in [6.45, 7) is 2.53. The van der Waals surface area contributed by atoms with E-state index in [-0.39, 0.29) is 11.8 Å². The summed E-state index contributed by atoms with van der Waals surface area (Å²) >= 11 is 0. The predicted molar refractivity (Wildman–Crippen MR) is 94.9 cm³/mol. The first-order valence-corrected chi connectivity index (χ1v) is 8.09. The number of carbonyl (C=O) groups is 2. The molecule has 1 saturated heterocycles. The minimum absolute atomic E-state index is 0.0673. The van der Waals surface area contributed by atoms with Crippen LogP contribution in [-0.4, -0.2) is 24.4 Å². The molecule has 5 heteroatoms. The highest BCUT2D eigenvalue weighted by molar-refractivity contribution is 6.03. The van der Waals surface area contributed by atoms with Crippen LogP contribution in [0.15, 0.2) is 48.5 Å². The molecule has 3 rings (SSSR count). The minimum atomic E-state index is -0.507. The second-order valence-corrected chi connectivity index (χ2v) is 6.07. The highest BCUT2D eigenvalue weighted by atomic mass is 16.2. The second kappa shape index (κ2) is 6.74. The number of nitrogens with one attached hydrogen (secondary N) is 1. The van der Waals surface area contributed by atoms with Crippen molar-refractivity contribution in [3.8, 4) is 0 Å². The van der Waals surface area contributed by atoms with Crippen molar-refractivity contribution in [3.63, 3.8) is 0 Å². The number of nitrogens with two attached hydrogens (primary N) is 1. The summed E-state index contributed by atoms with van der Waals surface area (Å²) in [6.07, 6.45) is 1.50. The summed E-state index contributed by atoms with van der Waals surface area (Å²) in [5.74, 6) is -0.324. The van der Waals surface area contributed by atoms with Crippen molar-refractivity contribution in [2.75, 3.05) is 17.2 Å². The molecular weight excluding hydrogens is 302 g/mol. The summed E-state index contributed by atoms with van der Waals surface area (Å²) in [5, 5.41) is 2.87. The van der Waals surface area contributed by atoms with Crippen LogP contribution in [0.5, 0.6) is 0 Å². The van der Waals surface area contributed by atoms with E-state index in [2.05, 4.69) is 5.32 Å². The van der Waals surface area contributed by atoms with Gasteiger partial charge in [0.1, 0.15) is 6.04 Å². The third-order valence-electron chi connectivity index (χ3n) is 4.32. The minimum Gasteiger partial charge on any atom is -0.399 e. The van der Waals surface area contributed by atoms with E-state index >= 15 is 0 Å². The van der Waals surface area contributed by atoms with Crippen molar-refractivity contribution >= 4 is 23.2 Å². The largest absolute Gasteiger partial charge is 0.399 e. The highest BCUT2D eigenvalue weighted by Crippen LogP contribution is 2.21. The molecule has 124 valence electrons. The fourth-order valence-electron chi connectivity index (χ4n) is 2.99. The Morgan fingerprint density at radius 3 is 2.71 bits per heavy atom. The molecule has 1 aliphatic heterocycles. The molecule has 24 heavy (non-hydrogen) atoms. The number of aryl methyl sites for hydroxylation is 1. The van der Waals surface area contributed by atoms with Gasteiger partial charge in [0.05, 0.1) is 0 Å². The zero-order valence-electron chi connectivity index (χ0n) is 13.7. The fourth-order valence-corrected chi connectivity index (χ4v) is 2.99. The van der Waals surface area contributed by atoms with Crippen LogP contribution in [0.4, 0.5) is 11.4 Å². The van der Waals surface area contributed by atoms with Crippen LogP contribution in [0.1, 0.15) is 28.8 Å². The van der Waals surface area contributed by atoms with E-state index in [0.29, 0.717) is 24.2 Å². The van der Waals surface area contributed by atoms with Gasteiger partial charge in [0, 0.05) is 23.5 Å². The van der Waals surface area contributed by atoms with Crippen molar-refractivity contribution in [2.45, 2.75) is 25.8 Å². The van der Waals surface area contributed by atoms with E-state index in [4.69, 9.17) is 5.73 Å². The van der Waals surface area contributed by atoms with Crippen LogP contribution in [-0.2, 0) is 4.79 Å². The van der Waals surface area contributed by atoms with E-state index in [1.165, 1.54) is 0 Å². The number of nitrogens with zero attached hydrogens (tertiary/aromatic N) is 1. The van der Waals surface area contributed by atoms with E-state index in [9.17, 15) is 9.59 Å². The van der Waals surface area contributed by atoms with Gasteiger partial charge < -0.3 is 16.0 Å². The summed E-state index contributed by atoms with van der Waals surface area (Å²) in [4.78, 5) is 27.0. The van der Waals surface area contributed by atoms with Gasteiger partial charge in [-0.15, -0.1) is 0 Å². The molecule has 0 aliphatic carbocycles. The van der Waals surface area contributed by atoms with Crippen molar-refractivity contribution in [3.05, 3.63) is 59.7 Å². The Morgan fingerprint density at radius 2 is 1.96 bits per heavy atom. The molecule has 0 saturated carbocycles. The van der Waals surface area contributed by atoms with E-state index < -0.39 is 6.04 Å². The Morgan fingerprint density at radius 1 is 1.21 bits per heavy atom. The van der Waals surface area contributed by atoms with Gasteiger partial charge in [-0.3, -0.25) is 9.59 Å². The summed E-state index contributed by atoms with van der Waals surface area (Å²) < 4.78 is 0. The van der Waals surface area contributed by atoms with Crippen molar-refractivity contribution < 1.29 is 9.59 Å². The molecular formula is C19H21N3O2. The molecule has 5 nitrogen and oxygen atoms in total. The Bertz CT molecular complexity index is 758. The standard InChI is InChI=1S/C19H21N3O2/c1-13-9-10-14(20)12-16(13)18(23)21-17-8-5-11-22(19(17)24)15-6-3-2-4-7-15/h2-4,6-7,9-10,12,17H,5,8,11,20H2,1H3,(H,21,23). The Labute approximate surface area is 141 Å². The Kier molecular flexibility index (Phi) is 4.51. The van der Waals surface area contributed by atoms with E-state index in [1.807, 2.05) is 43.3 Å².